The topological polar surface area (TPSA) is 21.6 Å². The van der Waals surface area contributed by atoms with Crippen LogP contribution >= 0.6 is 0 Å². The number of hydrogen-bond acceptors (Lipinski definition) is 2. The van der Waals surface area contributed by atoms with Crippen molar-refractivity contribution >= 4 is 6.21 Å². The van der Waals surface area contributed by atoms with Gasteiger partial charge in [-0.3, -0.25) is 0 Å². The van der Waals surface area contributed by atoms with Gasteiger partial charge in [0.1, 0.15) is 7.11 Å². The van der Waals surface area contributed by atoms with E-state index in [-0.39, 0.29) is 0 Å². The minimum absolute atomic E-state index is 0.800. The predicted octanol–water partition coefficient (Wildman–Crippen LogP) is 1.23. The van der Waals surface area contributed by atoms with Gasteiger partial charge < -0.3 is 4.84 Å². The number of hydrogen-bond donors (Lipinski definition) is 0. The Balaban J connectivity index is 1.93. The van der Waals surface area contributed by atoms with Crippen molar-refractivity contribution in [1.82, 2.24) is 0 Å². The van der Waals surface area contributed by atoms with Gasteiger partial charge in [-0.1, -0.05) is 5.16 Å². The summed E-state index contributed by atoms with van der Waals surface area (Å²) >= 11 is 0. The molecule has 1 aliphatic carbocycles. The van der Waals surface area contributed by atoms with Crippen molar-refractivity contribution in [2.45, 2.75) is 12.8 Å². The first-order valence-electron chi connectivity index (χ1n) is 2.82. The predicted molar refractivity (Wildman–Crippen MR) is 32.5 cm³/mol. The third-order valence-corrected chi connectivity index (χ3v) is 1.16. The van der Waals surface area contributed by atoms with E-state index >= 15 is 0 Å². The lowest BCUT2D eigenvalue weighted by Crippen LogP contribution is -1.77. The maximum absolute atomic E-state index is 4.48. The quantitative estimate of drug-likeness (QED) is 0.397. The van der Waals surface area contributed by atoms with Crippen molar-refractivity contribution in [3.05, 3.63) is 6.42 Å². The molecule has 0 aromatic rings. The highest BCUT2D eigenvalue weighted by atomic mass is 16.6. The normalized spacial score (nSPS) is 19.6. The van der Waals surface area contributed by atoms with Crippen LogP contribution in [0, 0.1) is 12.3 Å². The Hall–Kier alpha value is -0.530. The molecular formula is C6H10NO. The molecule has 0 amide bonds. The minimum Gasteiger partial charge on any atom is -0.399 e. The first-order chi connectivity index (χ1) is 3.93. The number of nitrogens with zero attached hydrogens (tertiary/aromatic N) is 1. The monoisotopic (exact) mass is 112 g/mol. The zero-order valence-electron chi connectivity index (χ0n) is 5.00. The molecule has 1 atom stereocenters. The van der Waals surface area contributed by atoms with Gasteiger partial charge in [0, 0.05) is 6.21 Å². The molecular weight excluding hydrogens is 102 g/mol. The summed E-state index contributed by atoms with van der Waals surface area (Å²) in [5.41, 5.74) is 0. The highest BCUT2D eigenvalue weighted by Crippen LogP contribution is 2.29. The fourth-order valence-electron chi connectivity index (χ4n) is 0.542. The van der Waals surface area contributed by atoms with E-state index in [2.05, 4.69) is 16.4 Å². The van der Waals surface area contributed by atoms with E-state index in [0.717, 1.165) is 12.3 Å². The molecule has 0 heterocycles. The van der Waals surface area contributed by atoms with Gasteiger partial charge in [-0.2, -0.15) is 0 Å². The van der Waals surface area contributed by atoms with Crippen LogP contribution in [0.2, 0.25) is 0 Å². The SMILES string of the molecule is CON=CCC1[CH]C1. The van der Waals surface area contributed by atoms with Crippen LogP contribution in [0.15, 0.2) is 5.16 Å². The fraction of sp³-hybridized carbons (Fsp3) is 0.667. The van der Waals surface area contributed by atoms with Crippen molar-refractivity contribution in [1.29, 1.82) is 0 Å². The Morgan fingerprint density at radius 2 is 2.75 bits per heavy atom. The van der Waals surface area contributed by atoms with Crippen LogP contribution in [0.5, 0.6) is 0 Å². The molecule has 1 saturated carbocycles. The molecule has 0 N–H and O–H groups in total. The smallest absolute Gasteiger partial charge is 0.106 e. The van der Waals surface area contributed by atoms with Crippen LogP contribution in [0.1, 0.15) is 12.8 Å². The Bertz CT molecular complexity index is 86.5. The van der Waals surface area contributed by atoms with E-state index < -0.39 is 0 Å². The Morgan fingerprint density at radius 1 is 2.00 bits per heavy atom. The van der Waals surface area contributed by atoms with E-state index in [0.29, 0.717) is 0 Å². The molecule has 1 radical (unpaired) electrons. The lowest BCUT2D eigenvalue weighted by atomic mass is 10.3. The molecule has 0 saturated heterocycles. The molecule has 1 fully saturated rings. The van der Waals surface area contributed by atoms with Gasteiger partial charge in [-0.15, -0.1) is 0 Å². The average molecular weight is 112 g/mol. The summed E-state index contributed by atoms with van der Waals surface area (Å²) in [6.45, 7) is 0. The van der Waals surface area contributed by atoms with E-state index in [1.54, 1.807) is 7.11 Å². The van der Waals surface area contributed by atoms with Gasteiger partial charge in [0.25, 0.3) is 0 Å². The molecule has 2 nitrogen and oxygen atoms in total. The number of rotatable bonds is 3. The third kappa shape index (κ3) is 1.96. The second-order valence-electron chi connectivity index (χ2n) is 1.94. The summed E-state index contributed by atoms with van der Waals surface area (Å²) < 4.78 is 0. The van der Waals surface area contributed by atoms with Crippen molar-refractivity contribution in [3.8, 4) is 0 Å². The molecule has 0 aromatic carbocycles. The summed E-state index contributed by atoms with van der Waals surface area (Å²) in [5.74, 6) is 0.800. The lowest BCUT2D eigenvalue weighted by molar-refractivity contribution is 0.214. The van der Waals surface area contributed by atoms with Gasteiger partial charge in [0.05, 0.1) is 0 Å². The zero-order valence-corrected chi connectivity index (χ0v) is 5.00. The Kier molecular flexibility index (Phi) is 1.89. The van der Waals surface area contributed by atoms with Crippen molar-refractivity contribution in [2.24, 2.45) is 11.1 Å². The summed E-state index contributed by atoms with van der Waals surface area (Å²) in [5, 5.41) is 3.61. The highest BCUT2D eigenvalue weighted by molar-refractivity contribution is 5.57. The highest BCUT2D eigenvalue weighted by Gasteiger charge is 2.19. The largest absolute Gasteiger partial charge is 0.399 e. The van der Waals surface area contributed by atoms with Crippen LogP contribution in [0.4, 0.5) is 0 Å². The van der Waals surface area contributed by atoms with Gasteiger partial charge >= 0.3 is 0 Å². The zero-order chi connectivity index (χ0) is 5.82. The van der Waals surface area contributed by atoms with Crippen LogP contribution in [0.25, 0.3) is 0 Å². The first-order valence-corrected chi connectivity index (χ1v) is 2.82. The molecule has 8 heavy (non-hydrogen) atoms. The molecule has 1 unspecified atom stereocenters. The molecule has 0 aliphatic heterocycles. The summed E-state index contributed by atoms with van der Waals surface area (Å²) in [6, 6.07) is 0. The standard InChI is InChI=1S/C6H10NO/c1-8-7-5-4-6-2-3-6/h2,5-6H,3-4H2,1H3. The summed E-state index contributed by atoms with van der Waals surface area (Å²) in [7, 11) is 1.56. The summed E-state index contributed by atoms with van der Waals surface area (Å²) in [6.07, 6.45) is 6.39. The second-order valence-corrected chi connectivity index (χ2v) is 1.94. The Labute approximate surface area is 49.5 Å². The van der Waals surface area contributed by atoms with Crippen molar-refractivity contribution < 1.29 is 4.84 Å². The average Bonchev–Trinajstić information content (AvgIpc) is 2.51. The fourth-order valence-corrected chi connectivity index (χ4v) is 0.542. The minimum atomic E-state index is 0.800. The maximum atomic E-state index is 4.48. The first kappa shape index (κ1) is 5.60. The van der Waals surface area contributed by atoms with E-state index in [9.17, 15) is 0 Å². The third-order valence-electron chi connectivity index (χ3n) is 1.16. The summed E-state index contributed by atoms with van der Waals surface area (Å²) in [4.78, 5) is 4.48. The van der Waals surface area contributed by atoms with Crippen LogP contribution in [-0.4, -0.2) is 13.3 Å². The molecule has 1 rings (SSSR count). The number of oxime groups is 1. The van der Waals surface area contributed by atoms with E-state index in [1.807, 2.05) is 6.21 Å². The van der Waals surface area contributed by atoms with Gasteiger partial charge in [-0.25, -0.2) is 0 Å². The molecule has 2 heteroatoms. The van der Waals surface area contributed by atoms with E-state index in [1.165, 1.54) is 6.42 Å². The molecule has 0 aromatic heterocycles. The van der Waals surface area contributed by atoms with Crippen LogP contribution < -0.4 is 0 Å². The lowest BCUT2D eigenvalue weighted by Gasteiger charge is -1.83. The molecule has 45 valence electrons. The second kappa shape index (κ2) is 2.70. The van der Waals surface area contributed by atoms with Gasteiger partial charge in [-0.05, 0) is 25.2 Å². The van der Waals surface area contributed by atoms with Crippen LogP contribution in [0.3, 0.4) is 0 Å². The molecule has 0 bridgehead atoms. The molecule has 1 aliphatic rings. The van der Waals surface area contributed by atoms with Crippen molar-refractivity contribution in [2.75, 3.05) is 7.11 Å². The van der Waals surface area contributed by atoms with Gasteiger partial charge in [0.2, 0.25) is 0 Å². The van der Waals surface area contributed by atoms with Crippen LogP contribution in [-0.2, 0) is 4.84 Å². The van der Waals surface area contributed by atoms with Gasteiger partial charge in [0.15, 0.2) is 0 Å². The van der Waals surface area contributed by atoms with E-state index in [4.69, 9.17) is 0 Å². The Morgan fingerprint density at radius 3 is 3.25 bits per heavy atom. The maximum Gasteiger partial charge on any atom is 0.106 e. The van der Waals surface area contributed by atoms with Crippen molar-refractivity contribution in [3.63, 3.8) is 0 Å². The molecule has 0 spiro atoms.